The van der Waals surface area contributed by atoms with Gasteiger partial charge in [0.2, 0.25) is 5.96 Å². The van der Waals surface area contributed by atoms with Gasteiger partial charge < -0.3 is 14.4 Å². The molecule has 0 saturated carbocycles. The fourth-order valence-electron chi connectivity index (χ4n) is 1.78. The summed E-state index contributed by atoms with van der Waals surface area (Å²) in [5, 5.41) is 0. The minimum Gasteiger partial charge on any atom is -0.380 e. The Kier molecular flexibility index (Phi) is 9.19. The highest BCUT2D eigenvalue weighted by Gasteiger charge is 2.10. The Morgan fingerprint density at radius 1 is 1.10 bits per heavy atom. The predicted octanol–water partition coefficient (Wildman–Crippen LogP) is 1.51. The van der Waals surface area contributed by atoms with E-state index in [9.17, 15) is 0 Å². The summed E-state index contributed by atoms with van der Waals surface area (Å²) in [7, 11) is 0. The Bertz CT molecular complexity index is 388. The summed E-state index contributed by atoms with van der Waals surface area (Å²) < 4.78 is 10.8. The van der Waals surface area contributed by atoms with Gasteiger partial charge in [-0.25, -0.2) is 10.8 Å². The maximum Gasteiger partial charge on any atom is 0.213 e. The molecule has 118 valence electrons. The maximum absolute atomic E-state index is 5.63. The Labute approximate surface area is 126 Å². The van der Waals surface area contributed by atoms with E-state index in [-0.39, 0.29) is 0 Å². The van der Waals surface area contributed by atoms with E-state index in [4.69, 9.17) is 15.3 Å². The molecular formula is C15H26N4O2. The Morgan fingerprint density at radius 2 is 1.67 bits per heavy atom. The third-order valence-electron chi connectivity index (χ3n) is 2.84. The lowest BCUT2D eigenvalue weighted by atomic mass is 10.3. The van der Waals surface area contributed by atoms with Crippen molar-refractivity contribution in [2.45, 2.75) is 13.8 Å². The number of para-hydroxylation sites is 1. The molecule has 1 aromatic carbocycles. The first-order chi connectivity index (χ1) is 10.3. The largest absolute Gasteiger partial charge is 0.380 e. The molecule has 0 aliphatic carbocycles. The van der Waals surface area contributed by atoms with Gasteiger partial charge in [0.15, 0.2) is 0 Å². The number of hydrogen-bond donors (Lipinski definition) is 2. The van der Waals surface area contributed by atoms with Gasteiger partial charge >= 0.3 is 0 Å². The van der Waals surface area contributed by atoms with Crippen molar-refractivity contribution in [2.24, 2.45) is 10.8 Å². The molecule has 0 radical (unpaired) electrons. The van der Waals surface area contributed by atoms with Gasteiger partial charge in [0, 0.05) is 26.3 Å². The van der Waals surface area contributed by atoms with E-state index in [1.807, 2.05) is 49.1 Å². The summed E-state index contributed by atoms with van der Waals surface area (Å²) in [6.07, 6.45) is 0. The highest BCUT2D eigenvalue weighted by atomic mass is 16.5. The molecule has 0 aliphatic heterocycles. The van der Waals surface area contributed by atoms with E-state index >= 15 is 0 Å². The molecule has 0 saturated heterocycles. The van der Waals surface area contributed by atoms with E-state index in [1.54, 1.807) is 0 Å². The van der Waals surface area contributed by atoms with E-state index in [2.05, 4.69) is 10.4 Å². The fourth-order valence-corrected chi connectivity index (χ4v) is 1.78. The Hall–Kier alpha value is -1.63. The molecule has 0 aliphatic rings. The number of rotatable bonds is 9. The van der Waals surface area contributed by atoms with Gasteiger partial charge in [-0.2, -0.15) is 0 Å². The molecule has 0 amide bonds. The average Bonchev–Trinajstić information content (AvgIpc) is 2.52. The first-order valence-electron chi connectivity index (χ1n) is 7.32. The first-order valence-corrected chi connectivity index (χ1v) is 7.32. The number of guanidine groups is 1. The normalized spacial score (nSPS) is 11.5. The lowest BCUT2D eigenvalue weighted by Crippen LogP contribution is -2.47. The summed E-state index contributed by atoms with van der Waals surface area (Å²) >= 11 is 0. The van der Waals surface area contributed by atoms with Crippen molar-refractivity contribution in [3.63, 3.8) is 0 Å². The van der Waals surface area contributed by atoms with E-state index in [0.29, 0.717) is 45.5 Å². The number of hydrogen-bond acceptors (Lipinski definition) is 4. The van der Waals surface area contributed by atoms with Crippen LogP contribution in [0.4, 0.5) is 5.69 Å². The number of nitrogens with two attached hydrogens (primary N) is 1. The third-order valence-corrected chi connectivity index (χ3v) is 2.84. The molecule has 6 nitrogen and oxygen atoms in total. The minimum atomic E-state index is 0.612. The number of nitrogens with zero attached hydrogens (tertiary/aromatic N) is 2. The summed E-state index contributed by atoms with van der Waals surface area (Å²) in [6, 6.07) is 9.70. The van der Waals surface area contributed by atoms with Crippen LogP contribution >= 0.6 is 0 Å². The van der Waals surface area contributed by atoms with Crippen LogP contribution in [0.1, 0.15) is 13.8 Å². The second-order valence-electron chi connectivity index (χ2n) is 4.30. The average molecular weight is 294 g/mol. The number of aliphatic imine (C=N–C) groups is 1. The molecule has 0 atom stereocenters. The third kappa shape index (κ3) is 7.08. The molecule has 0 unspecified atom stereocenters. The van der Waals surface area contributed by atoms with Crippen LogP contribution in [0.15, 0.2) is 35.3 Å². The Morgan fingerprint density at radius 3 is 2.14 bits per heavy atom. The van der Waals surface area contributed by atoms with Crippen LogP contribution < -0.4 is 11.3 Å². The van der Waals surface area contributed by atoms with Gasteiger partial charge in [0.1, 0.15) is 0 Å². The quantitative estimate of drug-likeness (QED) is 0.237. The van der Waals surface area contributed by atoms with E-state index in [0.717, 1.165) is 5.69 Å². The van der Waals surface area contributed by atoms with Crippen molar-refractivity contribution in [1.29, 1.82) is 0 Å². The molecular weight excluding hydrogens is 268 g/mol. The smallest absolute Gasteiger partial charge is 0.213 e. The summed E-state index contributed by atoms with van der Waals surface area (Å²) in [5.74, 6) is 6.24. The maximum atomic E-state index is 5.63. The highest BCUT2D eigenvalue weighted by Crippen LogP contribution is 2.10. The first kappa shape index (κ1) is 17.4. The molecule has 0 fully saturated rings. The van der Waals surface area contributed by atoms with Crippen LogP contribution in [0.3, 0.4) is 0 Å². The van der Waals surface area contributed by atoms with Gasteiger partial charge in [0.25, 0.3) is 0 Å². The van der Waals surface area contributed by atoms with E-state index < -0.39 is 0 Å². The van der Waals surface area contributed by atoms with Crippen molar-refractivity contribution in [2.75, 3.05) is 39.5 Å². The highest BCUT2D eigenvalue weighted by molar-refractivity contribution is 5.82. The molecule has 0 heterocycles. The summed E-state index contributed by atoms with van der Waals surface area (Å²) in [6.45, 7) is 8.00. The molecule has 6 heteroatoms. The number of hydrazine groups is 1. The predicted molar refractivity (Wildman–Crippen MR) is 85.4 cm³/mol. The fraction of sp³-hybridized carbons (Fsp3) is 0.533. The van der Waals surface area contributed by atoms with Gasteiger partial charge in [-0.3, -0.25) is 5.43 Å². The summed E-state index contributed by atoms with van der Waals surface area (Å²) in [4.78, 5) is 6.56. The van der Waals surface area contributed by atoms with Crippen molar-refractivity contribution >= 4 is 11.6 Å². The minimum absolute atomic E-state index is 0.612. The topological polar surface area (TPSA) is 72.1 Å². The second kappa shape index (κ2) is 11.1. The molecule has 0 spiro atoms. The van der Waals surface area contributed by atoms with Crippen LogP contribution in [-0.4, -0.2) is 50.4 Å². The van der Waals surface area contributed by atoms with Gasteiger partial charge in [0.05, 0.1) is 18.9 Å². The second-order valence-corrected chi connectivity index (χ2v) is 4.30. The molecule has 1 aromatic rings. The molecule has 0 aromatic heterocycles. The van der Waals surface area contributed by atoms with Crippen LogP contribution in [-0.2, 0) is 9.47 Å². The van der Waals surface area contributed by atoms with Crippen molar-refractivity contribution in [3.05, 3.63) is 30.3 Å². The zero-order valence-corrected chi connectivity index (χ0v) is 12.9. The number of nitrogens with one attached hydrogen (secondary N) is 1. The van der Waals surface area contributed by atoms with Crippen LogP contribution in [0.5, 0.6) is 0 Å². The summed E-state index contributed by atoms with van der Waals surface area (Å²) in [5.41, 5.74) is 3.52. The van der Waals surface area contributed by atoms with Gasteiger partial charge in [-0.05, 0) is 26.0 Å². The van der Waals surface area contributed by atoms with E-state index in [1.165, 1.54) is 0 Å². The van der Waals surface area contributed by atoms with Crippen LogP contribution in [0.2, 0.25) is 0 Å². The monoisotopic (exact) mass is 294 g/mol. The van der Waals surface area contributed by atoms with Gasteiger partial charge in [-0.15, -0.1) is 0 Å². The molecule has 3 N–H and O–H groups in total. The lowest BCUT2D eigenvalue weighted by molar-refractivity contribution is 0.106. The Balaban J connectivity index is 2.73. The lowest BCUT2D eigenvalue weighted by Gasteiger charge is -2.25. The molecule has 1 rings (SSSR count). The standard InChI is InChI=1S/C15H26N4O2/c1-3-20-12-10-19(11-13-21-4-2)15(18-16)17-14-8-6-5-7-9-14/h5-9H,3-4,10-13,16H2,1-2H3,(H,17,18). The molecule has 21 heavy (non-hydrogen) atoms. The van der Waals surface area contributed by atoms with Crippen molar-refractivity contribution < 1.29 is 9.47 Å². The zero-order chi connectivity index (χ0) is 15.3. The number of benzene rings is 1. The zero-order valence-electron chi connectivity index (χ0n) is 12.9. The van der Waals surface area contributed by atoms with Crippen LogP contribution in [0.25, 0.3) is 0 Å². The number of ether oxygens (including phenoxy) is 2. The van der Waals surface area contributed by atoms with Crippen molar-refractivity contribution in [1.82, 2.24) is 10.3 Å². The molecule has 0 bridgehead atoms. The van der Waals surface area contributed by atoms with Crippen LogP contribution in [0, 0.1) is 0 Å². The van der Waals surface area contributed by atoms with Gasteiger partial charge in [-0.1, -0.05) is 18.2 Å². The SMILES string of the molecule is CCOCCN(CCOCC)C(=Nc1ccccc1)NN. The van der Waals surface area contributed by atoms with Crippen molar-refractivity contribution in [3.8, 4) is 0 Å².